The monoisotopic (exact) mass is 163 g/mol. The predicted octanol–water partition coefficient (Wildman–Crippen LogP) is 3.62. The van der Waals surface area contributed by atoms with E-state index >= 15 is 0 Å². The zero-order valence-corrected chi connectivity index (χ0v) is 8.54. The Balaban J connectivity index is 2.88. The molecule has 0 nitrogen and oxygen atoms in total. The van der Waals surface area contributed by atoms with Crippen molar-refractivity contribution in [3.63, 3.8) is 0 Å². The summed E-state index contributed by atoms with van der Waals surface area (Å²) in [6, 6.07) is 0. The standard InChI is InChI=1S/C12H19/c1-10(2)12(11(3)4)8-6-5-7-9-12/h5-11H,1-4H3. The summed E-state index contributed by atoms with van der Waals surface area (Å²) in [5.41, 5.74) is 0.286. The highest BCUT2D eigenvalue weighted by Crippen LogP contribution is 2.41. The van der Waals surface area contributed by atoms with Gasteiger partial charge in [-0.2, -0.15) is 0 Å². The Morgan fingerprint density at radius 2 is 1.42 bits per heavy atom. The topological polar surface area (TPSA) is 0 Å². The van der Waals surface area contributed by atoms with Gasteiger partial charge in [-0.15, -0.1) is 0 Å². The zero-order chi connectivity index (χ0) is 9.19. The van der Waals surface area contributed by atoms with Crippen LogP contribution in [0.1, 0.15) is 27.7 Å². The fourth-order valence-corrected chi connectivity index (χ4v) is 2.00. The molecule has 0 aliphatic heterocycles. The van der Waals surface area contributed by atoms with Gasteiger partial charge in [0, 0.05) is 0 Å². The molecular formula is C12H19. The summed E-state index contributed by atoms with van der Waals surface area (Å²) in [5.74, 6) is 1.36. The Kier molecular flexibility index (Phi) is 2.76. The second-order valence-corrected chi connectivity index (χ2v) is 4.22. The first-order valence-electron chi connectivity index (χ1n) is 4.80. The van der Waals surface area contributed by atoms with E-state index in [0.29, 0.717) is 11.8 Å². The van der Waals surface area contributed by atoms with E-state index in [1.165, 1.54) is 0 Å². The van der Waals surface area contributed by atoms with E-state index in [1.807, 2.05) is 0 Å². The van der Waals surface area contributed by atoms with Crippen molar-refractivity contribution in [3.8, 4) is 0 Å². The van der Waals surface area contributed by atoms with E-state index < -0.39 is 0 Å². The van der Waals surface area contributed by atoms with E-state index in [4.69, 9.17) is 0 Å². The van der Waals surface area contributed by atoms with Crippen molar-refractivity contribution in [2.24, 2.45) is 17.3 Å². The quantitative estimate of drug-likeness (QED) is 0.583. The van der Waals surface area contributed by atoms with Crippen LogP contribution in [0.25, 0.3) is 0 Å². The molecule has 0 aromatic carbocycles. The van der Waals surface area contributed by atoms with Crippen LogP contribution in [-0.2, 0) is 0 Å². The van der Waals surface area contributed by atoms with Gasteiger partial charge in [0.1, 0.15) is 0 Å². The second kappa shape index (κ2) is 3.47. The molecular weight excluding hydrogens is 144 g/mol. The lowest BCUT2D eigenvalue weighted by Crippen LogP contribution is -2.31. The van der Waals surface area contributed by atoms with Crippen molar-refractivity contribution >= 4 is 0 Å². The van der Waals surface area contributed by atoms with Crippen LogP contribution >= 0.6 is 0 Å². The first-order valence-corrected chi connectivity index (χ1v) is 4.80. The first-order chi connectivity index (χ1) is 5.59. The summed E-state index contributed by atoms with van der Waals surface area (Å²) in [6.07, 6.45) is 11.1. The highest BCUT2D eigenvalue weighted by Gasteiger charge is 2.34. The maximum absolute atomic E-state index is 2.34. The average molecular weight is 163 g/mol. The zero-order valence-electron chi connectivity index (χ0n) is 8.54. The van der Waals surface area contributed by atoms with Gasteiger partial charge in [-0.05, 0) is 23.7 Å². The molecule has 0 spiro atoms. The van der Waals surface area contributed by atoms with Crippen molar-refractivity contribution in [2.45, 2.75) is 27.7 Å². The number of allylic oxidation sites excluding steroid dienone is 4. The van der Waals surface area contributed by atoms with Crippen molar-refractivity contribution in [3.05, 3.63) is 30.7 Å². The average Bonchev–Trinajstić information content (AvgIpc) is 2.05. The molecule has 1 aliphatic carbocycles. The molecule has 0 bridgehead atoms. The Bertz CT molecular complexity index is 186. The SMILES string of the molecule is CC(C)C1(C(C)C)[CH]C=CC=C1. The van der Waals surface area contributed by atoms with Crippen LogP contribution in [0.2, 0.25) is 0 Å². The summed E-state index contributed by atoms with van der Waals surface area (Å²) < 4.78 is 0. The summed E-state index contributed by atoms with van der Waals surface area (Å²) in [5, 5.41) is 0. The lowest BCUT2D eigenvalue weighted by molar-refractivity contribution is 0.230. The van der Waals surface area contributed by atoms with Crippen LogP contribution in [0.5, 0.6) is 0 Å². The van der Waals surface area contributed by atoms with E-state index in [2.05, 4.69) is 58.4 Å². The molecule has 0 aromatic heterocycles. The smallest absolute Gasteiger partial charge is 0.0000396 e. The van der Waals surface area contributed by atoms with Crippen LogP contribution < -0.4 is 0 Å². The van der Waals surface area contributed by atoms with E-state index in [0.717, 1.165) is 0 Å². The van der Waals surface area contributed by atoms with Crippen molar-refractivity contribution in [2.75, 3.05) is 0 Å². The van der Waals surface area contributed by atoms with Crippen molar-refractivity contribution in [1.29, 1.82) is 0 Å². The van der Waals surface area contributed by atoms with Crippen LogP contribution in [-0.4, -0.2) is 0 Å². The highest BCUT2D eigenvalue weighted by molar-refractivity contribution is 5.26. The minimum absolute atomic E-state index is 0.286. The molecule has 0 N–H and O–H groups in total. The van der Waals surface area contributed by atoms with Gasteiger partial charge in [-0.3, -0.25) is 0 Å². The third-order valence-corrected chi connectivity index (χ3v) is 2.99. The van der Waals surface area contributed by atoms with Crippen molar-refractivity contribution in [1.82, 2.24) is 0 Å². The summed E-state index contributed by atoms with van der Waals surface area (Å²) in [6.45, 7) is 9.17. The molecule has 0 unspecified atom stereocenters. The maximum atomic E-state index is 2.34. The Hall–Kier alpha value is -0.520. The Labute approximate surface area is 76.4 Å². The summed E-state index contributed by atoms with van der Waals surface area (Å²) >= 11 is 0. The van der Waals surface area contributed by atoms with E-state index in [-0.39, 0.29) is 5.41 Å². The van der Waals surface area contributed by atoms with Gasteiger partial charge < -0.3 is 0 Å². The third kappa shape index (κ3) is 1.48. The minimum atomic E-state index is 0.286. The molecule has 0 saturated carbocycles. The molecule has 1 aliphatic rings. The van der Waals surface area contributed by atoms with E-state index in [1.54, 1.807) is 0 Å². The van der Waals surface area contributed by atoms with Crippen LogP contribution in [0.15, 0.2) is 24.3 Å². The molecule has 67 valence electrons. The normalized spacial score (nSPS) is 20.8. The first kappa shape index (κ1) is 9.57. The molecule has 1 radical (unpaired) electrons. The maximum Gasteiger partial charge on any atom is -0.0000396 e. The van der Waals surface area contributed by atoms with Crippen LogP contribution in [0.4, 0.5) is 0 Å². The molecule has 1 rings (SSSR count). The molecule has 0 aromatic rings. The second-order valence-electron chi connectivity index (χ2n) is 4.22. The van der Waals surface area contributed by atoms with Gasteiger partial charge >= 0.3 is 0 Å². The lowest BCUT2D eigenvalue weighted by atomic mass is 9.65. The third-order valence-electron chi connectivity index (χ3n) is 2.99. The van der Waals surface area contributed by atoms with Crippen LogP contribution in [0.3, 0.4) is 0 Å². The predicted molar refractivity (Wildman–Crippen MR) is 54.7 cm³/mol. The Morgan fingerprint density at radius 1 is 0.833 bits per heavy atom. The molecule has 0 heteroatoms. The number of hydrogen-bond acceptors (Lipinski definition) is 0. The summed E-state index contributed by atoms with van der Waals surface area (Å²) in [4.78, 5) is 0. The minimum Gasteiger partial charge on any atom is -0.0799 e. The fraction of sp³-hybridized carbons (Fsp3) is 0.583. The molecule has 0 atom stereocenters. The van der Waals surface area contributed by atoms with Crippen LogP contribution in [0, 0.1) is 23.7 Å². The van der Waals surface area contributed by atoms with Crippen molar-refractivity contribution < 1.29 is 0 Å². The van der Waals surface area contributed by atoms with Gasteiger partial charge in [0.05, 0.1) is 0 Å². The molecule has 0 heterocycles. The molecule has 0 amide bonds. The molecule has 0 fully saturated rings. The molecule has 0 saturated heterocycles. The number of rotatable bonds is 2. The van der Waals surface area contributed by atoms with Gasteiger partial charge in [0.15, 0.2) is 0 Å². The summed E-state index contributed by atoms with van der Waals surface area (Å²) in [7, 11) is 0. The van der Waals surface area contributed by atoms with Gasteiger partial charge in [0.25, 0.3) is 0 Å². The lowest BCUT2D eigenvalue weighted by Gasteiger charge is -2.39. The van der Waals surface area contributed by atoms with Gasteiger partial charge in [-0.25, -0.2) is 0 Å². The highest BCUT2D eigenvalue weighted by atomic mass is 14.4. The number of hydrogen-bond donors (Lipinski definition) is 0. The Morgan fingerprint density at radius 3 is 1.67 bits per heavy atom. The van der Waals surface area contributed by atoms with Gasteiger partial charge in [-0.1, -0.05) is 52.0 Å². The fourth-order valence-electron chi connectivity index (χ4n) is 2.00. The largest absolute Gasteiger partial charge is 0.0799 e. The van der Waals surface area contributed by atoms with E-state index in [9.17, 15) is 0 Å². The molecule has 12 heavy (non-hydrogen) atoms. The van der Waals surface area contributed by atoms with Gasteiger partial charge in [0.2, 0.25) is 0 Å².